The number of nitrogens with two attached hydrogens (primary N) is 1. The van der Waals surface area contributed by atoms with Gasteiger partial charge in [-0.05, 0) is 24.3 Å². The van der Waals surface area contributed by atoms with Crippen molar-refractivity contribution < 1.29 is 9.59 Å². The number of Topliss-reactive ketones (excluding diaryl/α,β-unsaturated/α-hetero) is 2. The summed E-state index contributed by atoms with van der Waals surface area (Å²) in [4.78, 5) is 24.7. The third kappa shape index (κ3) is 2.71. The molecule has 1 aromatic carbocycles. The summed E-state index contributed by atoms with van der Waals surface area (Å²) in [6, 6.07) is 7.42. The van der Waals surface area contributed by atoms with Gasteiger partial charge in [0.05, 0.1) is 6.54 Å². The number of anilines is 1. The molecule has 1 aromatic rings. The topological polar surface area (TPSA) is 63.4 Å². The molecule has 2 N–H and O–H groups in total. The lowest BCUT2D eigenvalue weighted by Gasteiger charge is -2.28. The molecule has 0 bridgehead atoms. The lowest BCUT2D eigenvalue weighted by atomic mass is 10.1. The molecule has 1 heterocycles. The van der Waals surface area contributed by atoms with Crippen molar-refractivity contribution in [2.45, 2.75) is 12.8 Å². The van der Waals surface area contributed by atoms with Gasteiger partial charge in [-0.2, -0.15) is 0 Å². The number of piperidine rings is 1. The Hall–Kier alpha value is -1.68. The smallest absolute Gasteiger partial charge is 0.176 e. The summed E-state index contributed by atoms with van der Waals surface area (Å²) in [6.07, 6.45) is 1.23. The van der Waals surface area contributed by atoms with Gasteiger partial charge < -0.3 is 10.6 Å². The number of carbonyl (C=O) groups excluding carboxylic acids is 2. The van der Waals surface area contributed by atoms with E-state index in [1.165, 1.54) is 0 Å². The van der Waals surface area contributed by atoms with Crippen LogP contribution >= 0.6 is 0 Å². The Bertz CT molecular complexity index is 416. The first-order chi connectivity index (χ1) is 8.20. The molecule has 17 heavy (non-hydrogen) atoms. The minimum Gasteiger partial charge on any atom is -0.371 e. The van der Waals surface area contributed by atoms with E-state index in [9.17, 15) is 9.59 Å². The summed E-state index contributed by atoms with van der Waals surface area (Å²) in [7, 11) is 0. The summed E-state index contributed by atoms with van der Waals surface area (Å²) >= 11 is 0. The maximum atomic E-state index is 11.4. The van der Waals surface area contributed by atoms with Crippen LogP contribution in [0.4, 0.5) is 5.69 Å². The zero-order valence-corrected chi connectivity index (χ0v) is 9.69. The largest absolute Gasteiger partial charge is 0.371 e. The fourth-order valence-electron chi connectivity index (χ4n) is 1.99. The summed E-state index contributed by atoms with van der Waals surface area (Å²) in [5.41, 5.74) is 7.01. The number of ketones is 2. The minimum atomic E-state index is -0.0506. The number of rotatable bonds is 3. The van der Waals surface area contributed by atoms with Crippen LogP contribution in [-0.2, 0) is 4.79 Å². The molecule has 0 spiro atoms. The second-order valence-corrected chi connectivity index (χ2v) is 4.20. The van der Waals surface area contributed by atoms with Crippen molar-refractivity contribution in [3.8, 4) is 0 Å². The van der Waals surface area contributed by atoms with Crippen molar-refractivity contribution in [1.82, 2.24) is 0 Å². The van der Waals surface area contributed by atoms with Crippen LogP contribution in [0.25, 0.3) is 0 Å². The van der Waals surface area contributed by atoms with Crippen LogP contribution in [0, 0.1) is 0 Å². The second kappa shape index (κ2) is 5.10. The van der Waals surface area contributed by atoms with E-state index in [-0.39, 0.29) is 12.3 Å². The van der Waals surface area contributed by atoms with E-state index in [4.69, 9.17) is 5.73 Å². The Morgan fingerprint density at radius 1 is 1.18 bits per heavy atom. The van der Waals surface area contributed by atoms with E-state index >= 15 is 0 Å². The van der Waals surface area contributed by atoms with Gasteiger partial charge in [-0.3, -0.25) is 9.59 Å². The number of hydrogen-bond acceptors (Lipinski definition) is 4. The molecule has 0 aromatic heterocycles. The van der Waals surface area contributed by atoms with Crippen molar-refractivity contribution in [1.29, 1.82) is 0 Å². The normalized spacial score (nSPS) is 16.1. The molecule has 1 saturated heterocycles. The molecule has 4 nitrogen and oxygen atoms in total. The Balaban J connectivity index is 2.07. The summed E-state index contributed by atoms with van der Waals surface area (Å²) < 4.78 is 0. The van der Waals surface area contributed by atoms with Crippen molar-refractivity contribution >= 4 is 17.3 Å². The fraction of sp³-hybridized carbons (Fsp3) is 0.385. The first-order valence-corrected chi connectivity index (χ1v) is 5.80. The van der Waals surface area contributed by atoms with E-state index in [0.29, 0.717) is 24.2 Å². The molecule has 1 fully saturated rings. The van der Waals surface area contributed by atoms with Crippen LogP contribution in [0.5, 0.6) is 0 Å². The van der Waals surface area contributed by atoms with Crippen LogP contribution in [0.1, 0.15) is 23.2 Å². The molecule has 0 radical (unpaired) electrons. The van der Waals surface area contributed by atoms with Gasteiger partial charge in [0.25, 0.3) is 0 Å². The van der Waals surface area contributed by atoms with Gasteiger partial charge in [0, 0.05) is 37.2 Å². The number of hydrogen-bond donors (Lipinski definition) is 1. The Morgan fingerprint density at radius 3 is 2.29 bits per heavy atom. The molecule has 1 aliphatic rings. The summed E-state index contributed by atoms with van der Waals surface area (Å²) in [5.74, 6) is 0.279. The number of nitrogens with zero attached hydrogens (tertiary/aromatic N) is 1. The van der Waals surface area contributed by atoms with E-state index in [2.05, 4.69) is 4.90 Å². The average Bonchev–Trinajstić information content (AvgIpc) is 2.39. The maximum Gasteiger partial charge on any atom is 0.176 e. The SMILES string of the molecule is NCC(=O)c1ccc(N2CCC(=O)CC2)cc1. The van der Waals surface area contributed by atoms with Crippen molar-refractivity contribution in [3.63, 3.8) is 0 Å². The minimum absolute atomic E-state index is 0.0392. The Labute approximate surface area is 100 Å². The van der Waals surface area contributed by atoms with Crippen LogP contribution in [0.2, 0.25) is 0 Å². The van der Waals surface area contributed by atoms with Gasteiger partial charge >= 0.3 is 0 Å². The van der Waals surface area contributed by atoms with E-state index in [0.717, 1.165) is 18.8 Å². The molecule has 90 valence electrons. The van der Waals surface area contributed by atoms with Crippen molar-refractivity contribution in [2.75, 3.05) is 24.5 Å². The maximum absolute atomic E-state index is 11.4. The first kappa shape index (κ1) is 11.8. The van der Waals surface area contributed by atoms with Gasteiger partial charge in [0.2, 0.25) is 0 Å². The van der Waals surface area contributed by atoms with Crippen molar-refractivity contribution in [2.24, 2.45) is 5.73 Å². The standard InChI is InChI=1S/C13H16N2O2/c14-9-13(17)10-1-3-11(4-2-10)15-7-5-12(16)6-8-15/h1-4H,5-9,14H2. The second-order valence-electron chi connectivity index (χ2n) is 4.20. The first-order valence-electron chi connectivity index (χ1n) is 5.80. The highest BCUT2D eigenvalue weighted by Gasteiger charge is 2.16. The predicted octanol–water partition coefficient (Wildman–Crippen LogP) is 0.997. The number of benzene rings is 1. The zero-order chi connectivity index (χ0) is 12.3. The van der Waals surface area contributed by atoms with E-state index in [1.807, 2.05) is 12.1 Å². The molecule has 0 amide bonds. The molecule has 0 unspecified atom stereocenters. The van der Waals surface area contributed by atoms with Crippen LogP contribution in [0.3, 0.4) is 0 Å². The molecule has 4 heteroatoms. The molecule has 2 rings (SSSR count). The number of carbonyl (C=O) groups is 2. The predicted molar refractivity (Wildman–Crippen MR) is 66.3 cm³/mol. The molecular weight excluding hydrogens is 216 g/mol. The molecule has 1 aliphatic heterocycles. The van der Waals surface area contributed by atoms with Crippen LogP contribution in [-0.4, -0.2) is 31.2 Å². The van der Waals surface area contributed by atoms with E-state index < -0.39 is 0 Å². The Morgan fingerprint density at radius 2 is 1.76 bits per heavy atom. The molecule has 0 atom stereocenters. The van der Waals surface area contributed by atoms with Gasteiger partial charge in [0.15, 0.2) is 5.78 Å². The van der Waals surface area contributed by atoms with Gasteiger partial charge in [-0.15, -0.1) is 0 Å². The monoisotopic (exact) mass is 232 g/mol. The average molecular weight is 232 g/mol. The Kier molecular flexibility index (Phi) is 3.54. The lowest BCUT2D eigenvalue weighted by Crippen LogP contribution is -2.33. The highest BCUT2D eigenvalue weighted by molar-refractivity contribution is 5.97. The zero-order valence-electron chi connectivity index (χ0n) is 9.69. The molecule has 0 aliphatic carbocycles. The molecular formula is C13H16N2O2. The fourth-order valence-corrected chi connectivity index (χ4v) is 1.99. The van der Waals surface area contributed by atoms with E-state index in [1.54, 1.807) is 12.1 Å². The highest BCUT2D eigenvalue weighted by Crippen LogP contribution is 2.19. The summed E-state index contributed by atoms with van der Waals surface area (Å²) in [5, 5.41) is 0. The van der Waals surface area contributed by atoms with Gasteiger partial charge in [0.1, 0.15) is 5.78 Å². The third-order valence-electron chi connectivity index (χ3n) is 3.06. The van der Waals surface area contributed by atoms with Gasteiger partial charge in [-0.25, -0.2) is 0 Å². The third-order valence-corrected chi connectivity index (χ3v) is 3.06. The summed E-state index contributed by atoms with van der Waals surface area (Å²) in [6.45, 7) is 1.57. The molecule has 0 saturated carbocycles. The van der Waals surface area contributed by atoms with Crippen LogP contribution in [0.15, 0.2) is 24.3 Å². The van der Waals surface area contributed by atoms with Crippen LogP contribution < -0.4 is 10.6 Å². The highest BCUT2D eigenvalue weighted by atomic mass is 16.1. The quantitative estimate of drug-likeness (QED) is 0.790. The lowest BCUT2D eigenvalue weighted by molar-refractivity contribution is -0.119. The van der Waals surface area contributed by atoms with Crippen molar-refractivity contribution in [3.05, 3.63) is 29.8 Å². The van der Waals surface area contributed by atoms with Gasteiger partial charge in [-0.1, -0.05) is 0 Å².